The molecule has 0 spiro atoms. The zero-order chi connectivity index (χ0) is 15.1. The zero-order valence-electron chi connectivity index (χ0n) is 10.5. The highest BCUT2D eigenvalue weighted by atomic mass is 32.2. The van der Waals surface area contributed by atoms with Crippen LogP contribution in [0.4, 0.5) is 13.2 Å². The summed E-state index contributed by atoms with van der Waals surface area (Å²) < 4.78 is 63.4. The van der Waals surface area contributed by atoms with Gasteiger partial charge in [0.2, 0.25) is 5.56 Å². The monoisotopic (exact) mass is 310 g/mol. The van der Waals surface area contributed by atoms with Gasteiger partial charge in [0.25, 0.3) is 10.0 Å². The fourth-order valence-corrected chi connectivity index (χ4v) is 3.95. The molecule has 1 aromatic heterocycles. The molecule has 2 rings (SSSR count). The number of halogens is 3. The number of nitrogens with one attached hydrogen (secondary N) is 1. The number of aromatic nitrogens is 1. The summed E-state index contributed by atoms with van der Waals surface area (Å²) in [7, 11) is -4.13. The SMILES string of the molecule is C[C@@H]1C[C@H](C(F)(F)F)CN1S(=O)(=O)c1cccc(=O)[nH]1. The average molecular weight is 310 g/mol. The number of nitrogens with zero attached hydrogens (tertiary/aromatic N) is 1. The van der Waals surface area contributed by atoms with Gasteiger partial charge in [0.1, 0.15) is 0 Å². The van der Waals surface area contributed by atoms with Crippen LogP contribution in [0.5, 0.6) is 0 Å². The number of pyridine rings is 1. The highest BCUT2D eigenvalue weighted by molar-refractivity contribution is 7.89. The summed E-state index contributed by atoms with van der Waals surface area (Å²) in [5.41, 5.74) is -0.620. The first-order valence-electron chi connectivity index (χ1n) is 5.90. The lowest BCUT2D eigenvalue weighted by Crippen LogP contribution is -2.36. The van der Waals surface area contributed by atoms with Gasteiger partial charge in [-0.2, -0.15) is 17.5 Å². The second-order valence-corrected chi connectivity index (χ2v) is 6.64. The summed E-state index contributed by atoms with van der Waals surface area (Å²) >= 11 is 0. The number of rotatable bonds is 2. The van der Waals surface area contributed by atoms with Crippen LogP contribution in [0.1, 0.15) is 13.3 Å². The number of hydrogen-bond acceptors (Lipinski definition) is 3. The Morgan fingerprint density at radius 3 is 2.50 bits per heavy atom. The van der Waals surface area contributed by atoms with Gasteiger partial charge in [-0.15, -0.1) is 0 Å². The lowest BCUT2D eigenvalue weighted by molar-refractivity contribution is -0.169. The number of H-pyrrole nitrogens is 1. The number of sulfonamides is 1. The smallest absolute Gasteiger partial charge is 0.312 e. The molecule has 2 atom stereocenters. The van der Waals surface area contributed by atoms with Crippen LogP contribution in [-0.2, 0) is 10.0 Å². The van der Waals surface area contributed by atoms with E-state index in [9.17, 15) is 26.4 Å². The number of alkyl halides is 3. The molecule has 1 saturated heterocycles. The molecule has 1 N–H and O–H groups in total. The minimum atomic E-state index is -4.43. The molecular weight excluding hydrogens is 297 g/mol. The van der Waals surface area contributed by atoms with Crippen molar-refractivity contribution in [3.63, 3.8) is 0 Å². The standard InChI is InChI=1S/C11H13F3N2O3S/c1-7-5-8(11(12,13)14)6-16(7)20(18,19)10-4-2-3-9(17)15-10/h2-4,7-8H,5-6H2,1H3,(H,15,17)/t7-,8+/m1/s1. The normalized spacial score (nSPS) is 25.0. The zero-order valence-corrected chi connectivity index (χ0v) is 11.3. The highest BCUT2D eigenvalue weighted by Crippen LogP contribution is 2.38. The molecule has 5 nitrogen and oxygen atoms in total. The van der Waals surface area contributed by atoms with Crippen molar-refractivity contribution in [2.45, 2.75) is 30.6 Å². The van der Waals surface area contributed by atoms with Crippen LogP contribution in [-0.4, -0.2) is 36.5 Å². The minimum absolute atomic E-state index is 0.278. The van der Waals surface area contributed by atoms with Gasteiger partial charge in [-0.3, -0.25) is 4.79 Å². The molecular formula is C11H13F3N2O3S. The van der Waals surface area contributed by atoms with Crippen LogP contribution < -0.4 is 5.56 Å². The highest BCUT2D eigenvalue weighted by Gasteiger charge is 2.49. The van der Waals surface area contributed by atoms with Crippen molar-refractivity contribution in [1.82, 2.24) is 9.29 Å². The first kappa shape index (κ1) is 15.0. The van der Waals surface area contributed by atoms with E-state index in [1.54, 1.807) is 0 Å². The van der Waals surface area contributed by atoms with Crippen LogP contribution in [0, 0.1) is 5.92 Å². The molecule has 112 valence electrons. The first-order chi connectivity index (χ1) is 9.12. The quantitative estimate of drug-likeness (QED) is 0.896. The number of aromatic amines is 1. The Kier molecular flexibility index (Phi) is 3.67. The Bertz CT molecular complexity index is 653. The molecule has 0 aliphatic carbocycles. The third kappa shape index (κ3) is 2.73. The third-order valence-corrected chi connectivity index (χ3v) is 5.23. The molecule has 1 aliphatic heterocycles. The van der Waals surface area contributed by atoms with Crippen LogP contribution >= 0.6 is 0 Å². The predicted octanol–water partition coefficient (Wildman–Crippen LogP) is 1.34. The molecule has 20 heavy (non-hydrogen) atoms. The fraction of sp³-hybridized carbons (Fsp3) is 0.545. The molecule has 1 aromatic rings. The Morgan fingerprint density at radius 1 is 1.35 bits per heavy atom. The van der Waals surface area contributed by atoms with Crippen molar-refractivity contribution >= 4 is 10.0 Å². The van der Waals surface area contributed by atoms with E-state index in [-0.39, 0.29) is 11.4 Å². The maximum Gasteiger partial charge on any atom is 0.393 e. The second kappa shape index (κ2) is 4.88. The molecule has 0 unspecified atom stereocenters. The van der Waals surface area contributed by atoms with Gasteiger partial charge in [-0.05, 0) is 19.4 Å². The van der Waals surface area contributed by atoms with Crippen molar-refractivity contribution in [2.24, 2.45) is 5.92 Å². The molecule has 1 fully saturated rings. The number of hydrogen-bond donors (Lipinski definition) is 1. The van der Waals surface area contributed by atoms with Gasteiger partial charge >= 0.3 is 6.18 Å². The van der Waals surface area contributed by atoms with E-state index >= 15 is 0 Å². The first-order valence-corrected chi connectivity index (χ1v) is 7.34. The Balaban J connectivity index is 2.34. The van der Waals surface area contributed by atoms with Gasteiger partial charge in [-0.25, -0.2) is 8.42 Å². The van der Waals surface area contributed by atoms with Gasteiger partial charge in [0.15, 0.2) is 5.03 Å². The van der Waals surface area contributed by atoms with E-state index in [2.05, 4.69) is 4.98 Å². The molecule has 0 bridgehead atoms. The van der Waals surface area contributed by atoms with E-state index in [0.717, 1.165) is 16.4 Å². The summed E-state index contributed by atoms with van der Waals surface area (Å²) in [6.45, 7) is 0.800. The van der Waals surface area contributed by atoms with E-state index in [1.807, 2.05) is 0 Å². The van der Waals surface area contributed by atoms with Crippen molar-refractivity contribution in [2.75, 3.05) is 6.54 Å². The van der Waals surface area contributed by atoms with Gasteiger partial charge in [0.05, 0.1) is 5.92 Å². The summed E-state index contributed by atoms with van der Waals surface area (Å²) in [6, 6.07) is 2.76. The molecule has 0 saturated carbocycles. The Labute approximate surface area is 113 Å². The van der Waals surface area contributed by atoms with Crippen molar-refractivity contribution in [3.8, 4) is 0 Å². The van der Waals surface area contributed by atoms with Gasteiger partial charge in [0, 0.05) is 18.7 Å². The van der Waals surface area contributed by atoms with Crippen molar-refractivity contribution in [1.29, 1.82) is 0 Å². The van der Waals surface area contributed by atoms with Crippen molar-refractivity contribution < 1.29 is 21.6 Å². The van der Waals surface area contributed by atoms with E-state index < -0.39 is 40.3 Å². The van der Waals surface area contributed by atoms with Crippen LogP contribution in [0.2, 0.25) is 0 Å². The summed E-state index contributed by atoms with van der Waals surface area (Å²) in [4.78, 5) is 13.3. The molecule has 0 aromatic carbocycles. The molecule has 0 amide bonds. The Morgan fingerprint density at radius 2 is 2.00 bits per heavy atom. The molecule has 1 aliphatic rings. The summed E-state index contributed by atoms with van der Waals surface area (Å²) in [5.74, 6) is -1.68. The van der Waals surface area contributed by atoms with Crippen LogP contribution in [0.25, 0.3) is 0 Å². The maximum absolute atomic E-state index is 12.7. The van der Waals surface area contributed by atoms with Crippen LogP contribution in [0.3, 0.4) is 0 Å². The van der Waals surface area contributed by atoms with Gasteiger partial charge in [-0.1, -0.05) is 6.07 Å². The largest absolute Gasteiger partial charge is 0.393 e. The van der Waals surface area contributed by atoms with Crippen molar-refractivity contribution in [3.05, 3.63) is 28.6 Å². The third-order valence-electron chi connectivity index (χ3n) is 3.31. The Hall–Kier alpha value is -1.35. The molecule has 2 heterocycles. The van der Waals surface area contributed by atoms with E-state index in [1.165, 1.54) is 13.0 Å². The topological polar surface area (TPSA) is 70.2 Å². The van der Waals surface area contributed by atoms with Crippen LogP contribution in [0.15, 0.2) is 28.0 Å². The minimum Gasteiger partial charge on any atom is -0.312 e. The molecule has 0 radical (unpaired) electrons. The lowest BCUT2D eigenvalue weighted by Gasteiger charge is -2.20. The fourth-order valence-electron chi connectivity index (χ4n) is 2.28. The van der Waals surface area contributed by atoms with E-state index in [4.69, 9.17) is 0 Å². The maximum atomic E-state index is 12.7. The van der Waals surface area contributed by atoms with E-state index in [0.29, 0.717) is 0 Å². The summed E-state index contributed by atoms with van der Waals surface area (Å²) in [6.07, 6.45) is -4.71. The lowest BCUT2D eigenvalue weighted by atomic mass is 10.1. The molecule has 9 heteroatoms. The average Bonchev–Trinajstić information content (AvgIpc) is 2.72. The van der Waals surface area contributed by atoms with Gasteiger partial charge < -0.3 is 4.98 Å². The summed E-state index contributed by atoms with van der Waals surface area (Å²) in [5, 5.41) is -0.389. The second-order valence-electron chi connectivity index (χ2n) is 4.78. The predicted molar refractivity (Wildman–Crippen MR) is 64.6 cm³/mol.